The quantitative estimate of drug-likeness (QED) is 0.816. The van der Waals surface area contributed by atoms with Gasteiger partial charge in [-0.1, -0.05) is 17.7 Å². The van der Waals surface area contributed by atoms with Gasteiger partial charge in [0.05, 0.1) is 10.8 Å². The molecule has 27 heavy (non-hydrogen) atoms. The third-order valence-electron chi connectivity index (χ3n) is 5.60. The Morgan fingerprint density at radius 2 is 1.78 bits per heavy atom. The van der Waals surface area contributed by atoms with Gasteiger partial charge in [0.2, 0.25) is 15.9 Å². The molecule has 8 heteroatoms. The van der Waals surface area contributed by atoms with Crippen molar-refractivity contribution in [2.75, 3.05) is 33.2 Å². The largest absolute Gasteiger partial charge is 0.342 e. The van der Waals surface area contributed by atoms with Crippen LogP contribution in [0.3, 0.4) is 0 Å². The van der Waals surface area contributed by atoms with E-state index in [1.165, 1.54) is 4.31 Å². The Morgan fingerprint density at radius 3 is 2.41 bits per heavy atom. The zero-order valence-corrected chi connectivity index (χ0v) is 17.7. The summed E-state index contributed by atoms with van der Waals surface area (Å²) in [7, 11) is -1.68. The highest BCUT2D eigenvalue weighted by Gasteiger charge is 2.35. The van der Waals surface area contributed by atoms with Gasteiger partial charge >= 0.3 is 0 Å². The Hall–Kier alpha value is -1.15. The van der Waals surface area contributed by atoms with Crippen molar-refractivity contribution in [3.63, 3.8) is 0 Å². The molecule has 152 valence electrons. The van der Waals surface area contributed by atoms with Gasteiger partial charge in [-0.15, -0.1) is 12.4 Å². The van der Waals surface area contributed by atoms with Gasteiger partial charge in [0.15, 0.2) is 0 Å². The van der Waals surface area contributed by atoms with Gasteiger partial charge in [-0.2, -0.15) is 4.31 Å². The Kier molecular flexibility index (Phi) is 7.68. The predicted octanol–water partition coefficient (Wildman–Crippen LogP) is 2.03. The van der Waals surface area contributed by atoms with Gasteiger partial charge in [0, 0.05) is 26.2 Å². The van der Waals surface area contributed by atoms with E-state index in [1.807, 2.05) is 31.0 Å². The van der Waals surface area contributed by atoms with Crippen molar-refractivity contribution in [1.82, 2.24) is 14.5 Å². The van der Waals surface area contributed by atoms with Crippen LogP contribution >= 0.6 is 12.4 Å². The lowest BCUT2D eigenvalue weighted by Gasteiger charge is -2.37. The molecule has 1 unspecified atom stereocenters. The Morgan fingerprint density at radius 1 is 1.15 bits per heavy atom. The number of piperidine rings is 2. The lowest BCUT2D eigenvalue weighted by molar-refractivity contribution is -0.138. The number of benzene rings is 1. The van der Waals surface area contributed by atoms with E-state index in [0.29, 0.717) is 11.4 Å². The number of aryl methyl sites for hydroxylation is 1. The first kappa shape index (κ1) is 22.1. The highest BCUT2D eigenvalue weighted by molar-refractivity contribution is 7.89. The number of nitrogens with zero attached hydrogens (tertiary/aromatic N) is 2. The summed E-state index contributed by atoms with van der Waals surface area (Å²) in [4.78, 5) is 15.1. The number of hydrogen-bond donors (Lipinski definition) is 1. The van der Waals surface area contributed by atoms with E-state index in [9.17, 15) is 13.2 Å². The first-order valence-electron chi connectivity index (χ1n) is 9.44. The minimum atomic E-state index is -3.54. The van der Waals surface area contributed by atoms with E-state index in [0.717, 1.165) is 44.3 Å². The number of rotatable bonds is 4. The van der Waals surface area contributed by atoms with Gasteiger partial charge in [-0.25, -0.2) is 8.42 Å². The second-order valence-corrected chi connectivity index (χ2v) is 9.38. The predicted molar refractivity (Wildman–Crippen MR) is 109 cm³/mol. The highest BCUT2D eigenvalue weighted by atomic mass is 35.5. The molecule has 0 radical (unpaired) electrons. The van der Waals surface area contributed by atoms with Crippen LogP contribution in [0.5, 0.6) is 0 Å². The summed E-state index contributed by atoms with van der Waals surface area (Å²) in [5.41, 5.74) is 1.03. The molecule has 0 aromatic heterocycles. The van der Waals surface area contributed by atoms with E-state index in [4.69, 9.17) is 0 Å². The van der Waals surface area contributed by atoms with Crippen LogP contribution in [0.2, 0.25) is 0 Å². The van der Waals surface area contributed by atoms with Crippen LogP contribution in [-0.4, -0.2) is 62.8 Å². The summed E-state index contributed by atoms with van der Waals surface area (Å²) in [6.07, 6.45) is 3.40. The van der Waals surface area contributed by atoms with Crippen LogP contribution in [0.1, 0.15) is 31.2 Å². The molecule has 1 amide bonds. The summed E-state index contributed by atoms with van der Waals surface area (Å²) >= 11 is 0. The first-order valence-corrected chi connectivity index (χ1v) is 10.9. The zero-order valence-electron chi connectivity index (χ0n) is 16.1. The molecule has 0 saturated carbocycles. The van der Waals surface area contributed by atoms with Crippen molar-refractivity contribution in [2.24, 2.45) is 5.92 Å². The molecule has 2 heterocycles. The molecule has 2 aliphatic heterocycles. The number of carbonyl (C=O) groups excluding carboxylic acids is 1. The number of sulfonamides is 1. The van der Waals surface area contributed by atoms with Crippen molar-refractivity contribution in [1.29, 1.82) is 0 Å². The van der Waals surface area contributed by atoms with Crippen molar-refractivity contribution in [3.05, 3.63) is 29.8 Å². The highest BCUT2D eigenvalue weighted by Crippen LogP contribution is 2.26. The standard InChI is InChI=1S/C19H29N3O3S.ClH/c1-15-5-7-18(8-6-15)26(24,25)22-13-3-4-16(14-22)19(23)21(2)17-9-11-20-12-10-17;/h5-8,16-17,20H,3-4,9-14H2,1-2H3;1H. The van der Waals surface area contributed by atoms with Crippen LogP contribution in [0.4, 0.5) is 0 Å². The molecule has 1 aromatic rings. The van der Waals surface area contributed by atoms with Crippen molar-refractivity contribution in [2.45, 2.75) is 43.5 Å². The molecule has 2 aliphatic rings. The fourth-order valence-corrected chi connectivity index (χ4v) is 5.41. The monoisotopic (exact) mass is 415 g/mol. The molecule has 0 aliphatic carbocycles. The third-order valence-corrected chi connectivity index (χ3v) is 7.48. The van der Waals surface area contributed by atoms with Crippen LogP contribution in [0.25, 0.3) is 0 Å². The molecule has 3 rings (SSSR count). The number of carbonyl (C=O) groups is 1. The zero-order chi connectivity index (χ0) is 18.7. The molecule has 0 spiro atoms. The Bertz CT molecular complexity index is 733. The number of halogens is 1. The summed E-state index contributed by atoms with van der Waals surface area (Å²) in [5, 5.41) is 3.31. The van der Waals surface area contributed by atoms with E-state index in [1.54, 1.807) is 12.1 Å². The van der Waals surface area contributed by atoms with Crippen LogP contribution in [0.15, 0.2) is 29.2 Å². The minimum Gasteiger partial charge on any atom is -0.342 e. The minimum absolute atomic E-state index is 0. The Labute approximate surface area is 168 Å². The molecule has 2 saturated heterocycles. The normalized spacial score (nSPS) is 22.1. The van der Waals surface area contributed by atoms with Crippen molar-refractivity contribution in [3.8, 4) is 0 Å². The second-order valence-electron chi connectivity index (χ2n) is 7.45. The number of nitrogens with one attached hydrogen (secondary N) is 1. The summed E-state index contributed by atoms with van der Waals surface area (Å²) in [6.45, 7) is 4.56. The van der Waals surface area contributed by atoms with Crippen molar-refractivity contribution < 1.29 is 13.2 Å². The summed E-state index contributed by atoms with van der Waals surface area (Å²) in [6, 6.07) is 7.18. The Balaban J connectivity index is 0.00000261. The second kappa shape index (κ2) is 9.37. The maximum Gasteiger partial charge on any atom is 0.243 e. The fourth-order valence-electron chi connectivity index (χ4n) is 3.88. The molecule has 6 nitrogen and oxygen atoms in total. The number of amides is 1. The molecule has 1 N–H and O–H groups in total. The number of hydrogen-bond acceptors (Lipinski definition) is 4. The lowest BCUT2D eigenvalue weighted by atomic mass is 9.96. The van der Waals surface area contributed by atoms with Crippen LogP contribution < -0.4 is 5.32 Å². The molecule has 0 bridgehead atoms. The van der Waals surface area contributed by atoms with Gasteiger partial charge in [-0.3, -0.25) is 4.79 Å². The maximum atomic E-state index is 12.9. The molecule has 1 aromatic carbocycles. The molecular formula is C19H30ClN3O3S. The van der Waals surface area contributed by atoms with Gasteiger partial charge in [-0.05, 0) is 57.8 Å². The summed E-state index contributed by atoms with van der Waals surface area (Å²) < 4.78 is 27.3. The molecule has 1 atom stereocenters. The third kappa shape index (κ3) is 5.02. The maximum absolute atomic E-state index is 12.9. The van der Waals surface area contributed by atoms with Crippen LogP contribution in [0, 0.1) is 12.8 Å². The molecule has 2 fully saturated rings. The topological polar surface area (TPSA) is 69.7 Å². The lowest BCUT2D eigenvalue weighted by Crippen LogP contribution is -2.50. The van der Waals surface area contributed by atoms with E-state index >= 15 is 0 Å². The van der Waals surface area contributed by atoms with Gasteiger partial charge in [0.1, 0.15) is 0 Å². The average Bonchev–Trinajstić information content (AvgIpc) is 2.68. The van der Waals surface area contributed by atoms with Gasteiger partial charge in [0.25, 0.3) is 0 Å². The first-order chi connectivity index (χ1) is 12.4. The van der Waals surface area contributed by atoms with E-state index in [-0.39, 0.29) is 36.8 Å². The average molecular weight is 416 g/mol. The van der Waals surface area contributed by atoms with E-state index in [2.05, 4.69) is 5.32 Å². The summed E-state index contributed by atoms with van der Waals surface area (Å²) in [5.74, 6) is -0.162. The molecular weight excluding hydrogens is 386 g/mol. The van der Waals surface area contributed by atoms with Crippen molar-refractivity contribution >= 4 is 28.3 Å². The SMILES string of the molecule is Cc1ccc(S(=O)(=O)N2CCCC(C(=O)N(C)C3CCNCC3)C2)cc1.Cl. The fraction of sp³-hybridized carbons (Fsp3) is 0.632. The van der Waals surface area contributed by atoms with Crippen LogP contribution in [-0.2, 0) is 14.8 Å². The van der Waals surface area contributed by atoms with E-state index < -0.39 is 10.0 Å². The smallest absolute Gasteiger partial charge is 0.243 e. The van der Waals surface area contributed by atoms with Gasteiger partial charge < -0.3 is 10.2 Å².